The summed E-state index contributed by atoms with van der Waals surface area (Å²) in [4.78, 5) is 29.6. The number of nitrogens with zero attached hydrogens (tertiary/aromatic N) is 2. The fourth-order valence-corrected chi connectivity index (χ4v) is 4.34. The van der Waals surface area contributed by atoms with E-state index >= 15 is 0 Å². The molecule has 1 aromatic heterocycles. The summed E-state index contributed by atoms with van der Waals surface area (Å²) in [6.45, 7) is 3.76. The highest BCUT2D eigenvalue weighted by atomic mass is 32.1. The predicted molar refractivity (Wildman–Crippen MR) is 90.3 cm³/mol. The van der Waals surface area contributed by atoms with Crippen LogP contribution in [-0.4, -0.2) is 60.5 Å². The van der Waals surface area contributed by atoms with Crippen molar-refractivity contribution in [2.24, 2.45) is 0 Å². The van der Waals surface area contributed by atoms with Crippen molar-refractivity contribution in [1.82, 2.24) is 20.4 Å². The fourth-order valence-electron chi connectivity index (χ4n) is 3.60. The molecule has 23 heavy (non-hydrogen) atoms. The average Bonchev–Trinajstić information content (AvgIpc) is 2.97. The van der Waals surface area contributed by atoms with Gasteiger partial charge in [-0.2, -0.15) is 0 Å². The minimum Gasteiger partial charge on any atom is -0.348 e. The van der Waals surface area contributed by atoms with Crippen molar-refractivity contribution in [3.05, 3.63) is 22.4 Å². The van der Waals surface area contributed by atoms with Crippen molar-refractivity contribution in [1.29, 1.82) is 0 Å². The summed E-state index contributed by atoms with van der Waals surface area (Å²) in [6, 6.07) is 4.13. The van der Waals surface area contributed by atoms with Gasteiger partial charge in [-0.3, -0.25) is 9.69 Å². The third-order valence-electron chi connectivity index (χ3n) is 4.63. The van der Waals surface area contributed by atoms with Gasteiger partial charge in [-0.25, -0.2) is 4.79 Å². The molecule has 0 bridgehead atoms. The Labute approximate surface area is 140 Å². The topological polar surface area (TPSA) is 64.7 Å². The van der Waals surface area contributed by atoms with Gasteiger partial charge in [-0.05, 0) is 24.3 Å². The Bertz CT molecular complexity index is 562. The Hall–Kier alpha value is -1.60. The minimum atomic E-state index is -0.324. The van der Waals surface area contributed by atoms with Crippen LogP contribution in [0.4, 0.5) is 4.79 Å². The molecule has 0 aromatic carbocycles. The van der Waals surface area contributed by atoms with Gasteiger partial charge in [0.05, 0.1) is 5.54 Å². The SMILES string of the molecule is CNC(=O)N1CCN(Cc2cccs2)CC2(CCCC(=O)N2)C1. The molecule has 2 fully saturated rings. The number of thiophene rings is 1. The van der Waals surface area contributed by atoms with Gasteiger partial charge in [0.25, 0.3) is 0 Å². The molecule has 2 aliphatic heterocycles. The molecule has 126 valence electrons. The lowest BCUT2D eigenvalue weighted by molar-refractivity contribution is -0.125. The first-order valence-electron chi connectivity index (χ1n) is 8.13. The van der Waals surface area contributed by atoms with Gasteiger partial charge in [-0.15, -0.1) is 11.3 Å². The Morgan fingerprint density at radius 3 is 3.00 bits per heavy atom. The smallest absolute Gasteiger partial charge is 0.317 e. The molecule has 1 unspecified atom stereocenters. The second-order valence-electron chi connectivity index (χ2n) is 6.45. The lowest BCUT2D eigenvalue weighted by atomic mass is 9.87. The van der Waals surface area contributed by atoms with Crippen molar-refractivity contribution >= 4 is 23.3 Å². The van der Waals surface area contributed by atoms with E-state index < -0.39 is 0 Å². The van der Waals surface area contributed by atoms with Gasteiger partial charge in [0.15, 0.2) is 0 Å². The zero-order valence-electron chi connectivity index (χ0n) is 13.5. The van der Waals surface area contributed by atoms with Crippen molar-refractivity contribution < 1.29 is 9.59 Å². The number of rotatable bonds is 2. The molecule has 0 radical (unpaired) electrons. The van der Waals surface area contributed by atoms with E-state index in [-0.39, 0.29) is 17.5 Å². The number of carbonyl (C=O) groups excluding carboxylic acids is 2. The van der Waals surface area contributed by atoms with Gasteiger partial charge in [0, 0.05) is 51.1 Å². The number of hydrogen-bond acceptors (Lipinski definition) is 4. The van der Waals surface area contributed by atoms with Crippen LogP contribution in [0.3, 0.4) is 0 Å². The molecular weight excluding hydrogens is 312 g/mol. The molecule has 7 heteroatoms. The normalized spacial score (nSPS) is 26.0. The second-order valence-corrected chi connectivity index (χ2v) is 7.48. The number of hydrogen-bond donors (Lipinski definition) is 2. The molecule has 3 heterocycles. The quantitative estimate of drug-likeness (QED) is 0.854. The summed E-state index contributed by atoms with van der Waals surface area (Å²) < 4.78 is 0. The highest BCUT2D eigenvalue weighted by molar-refractivity contribution is 7.09. The van der Waals surface area contributed by atoms with Crippen LogP contribution in [0.2, 0.25) is 0 Å². The standard InChI is InChI=1S/C16H24N4O2S/c1-17-15(22)20-8-7-19(10-13-4-3-9-23-13)11-16(12-20)6-2-5-14(21)18-16/h3-4,9H,2,5-8,10-12H2,1H3,(H,17,22)(H,18,21). The van der Waals surface area contributed by atoms with Crippen molar-refractivity contribution in [3.8, 4) is 0 Å². The van der Waals surface area contributed by atoms with Crippen LogP contribution in [0.5, 0.6) is 0 Å². The van der Waals surface area contributed by atoms with Gasteiger partial charge < -0.3 is 15.5 Å². The summed E-state index contributed by atoms with van der Waals surface area (Å²) in [6.07, 6.45) is 2.40. The van der Waals surface area contributed by atoms with Gasteiger partial charge in [0.2, 0.25) is 5.91 Å². The average molecular weight is 336 g/mol. The number of carbonyl (C=O) groups is 2. The van der Waals surface area contributed by atoms with E-state index in [0.717, 1.165) is 32.5 Å². The summed E-state index contributed by atoms with van der Waals surface area (Å²) >= 11 is 1.75. The van der Waals surface area contributed by atoms with Crippen LogP contribution in [0.25, 0.3) is 0 Å². The van der Waals surface area contributed by atoms with E-state index in [0.29, 0.717) is 19.5 Å². The minimum absolute atomic E-state index is 0.0674. The maximum absolute atomic E-state index is 12.1. The highest BCUT2D eigenvalue weighted by Gasteiger charge is 2.41. The van der Waals surface area contributed by atoms with Crippen LogP contribution in [-0.2, 0) is 11.3 Å². The fraction of sp³-hybridized carbons (Fsp3) is 0.625. The Morgan fingerprint density at radius 2 is 2.30 bits per heavy atom. The molecule has 2 saturated heterocycles. The van der Waals surface area contributed by atoms with Crippen molar-refractivity contribution in [3.63, 3.8) is 0 Å². The van der Waals surface area contributed by atoms with Gasteiger partial charge >= 0.3 is 6.03 Å². The number of amides is 3. The third-order valence-corrected chi connectivity index (χ3v) is 5.49. The molecular formula is C16H24N4O2S. The van der Waals surface area contributed by atoms with Crippen molar-refractivity contribution in [2.45, 2.75) is 31.3 Å². The monoisotopic (exact) mass is 336 g/mol. The van der Waals surface area contributed by atoms with Crippen LogP contribution in [0, 0.1) is 0 Å². The molecule has 1 atom stereocenters. The van der Waals surface area contributed by atoms with Crippen molar-refractivity contribution in [2.75, 3.05) is 33.2 Å². The zero-order valence-corrected chi connectivity index (χ0v) is 14.3. The summed E-state index contributed by atoms with van der Waals surface area (Å²) in [5.41, 5.74) is -0.324. The Balaban J connectivity index is 1.79. The number of piperidine rings is 1. The lowest BCUT2D eigenvalue weighted by Crippen LogP contribution is -2.62. The van der Waals surface area contributed by atoms with Crippen LogP contribution in [0.1, 0.15) is 24.1 Å². The number of urea groups is 1. The van der Waals surface area contributed by atoms with E-state index in [4.69, 9.17) is 0 Å². The van der Waals surface area contributed by atoms with Crippen LogP contribution < -0.4 is 10.6 Å². The largest absolute Gasteiger partial charge is 0.348 e. The van der Waals surface area contributed by atoms with E-state index in [1.807, 2.05) is 4.90 Å². The molecule has 6 nitrogen and oxygen atoms in total. The summed E-state index contributed by atoms with van der Waals surface area (Å²) in [5, 5.41) is 7.99. The summed E-state index contributed by atoms with van der Waals surface area (Å²) in [5.74, 6) is 0.103. The second kappa shape index (κ2) is 6.88. The molecule has 2 N–H and O–H groups in total. The van der Waals surface area contributed by atoms with Gasteiger partial charge in [-0.1, -0.05) is 6.07 Å². The number of nitrogens with one attached hydrogen (secondary N) is 2. The Kier molecular flexibility index (Phi) is 4.87. The molecule has 3 amide bonds. The first-order valence-corrected chi connectivity index (χ1v) is 9.01. The van der Waals surface area contributed by atoms with E-state index in [1.54, 1.807) is 18.4 Å². The molecule has 0 saturated carbocycles. The molecule has 2 aliphatic rings. The third kappa shape index (κ3) is 3.84. The zero-order chi connectivity index (χ0) is 16.3. The Morgan fingerprint density at radius 1 is 1.43 bits per heavy atom. The predicted octanol–water partition coefficient (Wildman–Crippen LogP) is 1.24. The first-order chi connectivity index (χ1) is 11.1. The molecule has 1 aromatic rings. The summed E-state index contributed by atoms with van der Waals surface area (Å²) in [7, 11) is 1.66. The van der Waals surface area contributed by atoms with Gasteiger partial charge in [0.1, 0.15) is 0 Å². The van der Waals surface area contributed by atoms with E-state index in [1.165, 1.54) is 4.88 Å². The maximum Gasteiger partial charge on any atom is 0.317 e. The molecule has 3 rings (SSSR count). The molecule has 1 spiro atoms. The highest BCUT2D eigenvalue weighted by Crippen LogP contribution is 2.26. The van der Waals surface area contributed by atoms with E-state index in [9.17, 15) is 9.59 Å². The first kappa shape index (κ1) is 16.3. The molecule has 0 aliphatic carbocycles. The maximum atomic E-state index is 12.1. The van der Waals surface area contributed by atoms with Crippen LogP contribution >= 0.6 is 11.3 Å². The lowest BCUT2D eigenvalue weighted by Gasteiger charge is -2.41. The van der Waals surface area contributed by atoms with E-state index in [2.05, 4.69) is 33.0 Å². The van der Waals surface area contributed by atoms with Crippen LogP contribution in [0.15, 0.2) is 17.5 Å².